The van der Waals surface area contributed by atoms with Gasteiger partial charge in [0.2, 0.25) is 0 Å². The fraction of sp³-hybridized carbons (Fsp3) is 0.467. The van der Waals surface area contributed by atoms with E-state index in [4.69, 9.17) is 4.74 Å². The summed E-state index contributed by atoms with van der Waals surface area (Å²) in [5, 5.41) is 0. The molecule has 1 aromatic carbocycles. The molecular formula is C15H20O4. The molecule has 104 valence electrons. The van der Waals surface area contributed by atoms with E-state index in [9.17, 15) is 9.59 Å². The maximum Gasteiger partial charge on any atom is 0.305 e. The Bertz CT molecular complexity index is 477. The highest BCUT2D eigenvalue weighted by Gasteiger charge is 2.13. The van der Waals surface area contributed by atoms with Gasteiger partial charge in [0.15, 0.2) is 5.78 Å². The zero-order valence-corrected chi connectivity index (χ0v) is 11.9. The fourth-order valence-corrected chi connectivity index (χ4v) is 1.95. The first-order chi connectivity index (χ1) is 9.01. The van der Waals surface area contributed by atoms with Crippen LogP contribution in [0.25, 0.3) is 0 Å². The second-order valence-corrected chi connectivity index (χ2v) is 4.42. The Morgan fingerprint density at radius 3 is 2.32 bits per heavy atom. The molecular weight excluding hydrogens is 244 g/mol. The second-order valence-electron chi connectivity index (χ2n) is 4.42. The van der Waals surface area contributed by atoms with Gasteiger partial charge in [0.05, 0.1) is 14.2 Å². The Morgan fingerprint density at radius 2 is 1.74 bits per heavy atom. The molecule has 0 fully saturated rings. The summed E-state index contributed by atoms with van der Waals surface area (Å²) in [4.78, 5) is 23.1. The van der Waals surface area contributed by atoms with Crippen molar-refractivity contribution >= 4 is 11.8 Å². The predicted molar refractivity (Wildman–Crippen MR) is 72.7 cm³/mol. The van der Waals surface area contributed by atoms with Crippen LogP contribution in [0.3, 0.4) is 0 Å². The van der Waals surface area contributed by atoms with E-state index >= 15 is 0 Å². The van der Waals surface area contributed by atoms with Crippen LogP contribution in [0.15, 0.2) is 12.1 Å². The number of carbonyl (C=O) groups excluding carboxylic acids is 2. The lowest BCUT2D eigenvalue weighted by atomic mass is 9.97. The SMILES string of the molecule is COC(=O)CCCC(=O)c1ccc(OC)c(C)c1C. The Labute approximate surface area is 113 Å². The minimum absolute atomic E-state index is 0.0483. The average molecular weight is 264 g/mol. The number of methoxy groups -OCH3 is 2. The van der Waals surface area contributed by atoms with Crippen molar-refractivity contribution in [3.63, 3.8) is 0 Å². The molecule has 4 nitrogen and oxygen atoms in total. The average Bonchev–Trinajstić information content (AvgIpc) is 2.41. The highest BCUT2D eigenvalue weighted by atomic mass is 16.5. The van der Waals surface area contributed by atoms with Crippen molar-refractivity contribution in [2.45, 2.75) is 33.1 Å². The van der Waals surface area contributed by atoms with Crippen LogP contribution in [0.5, 0.6) is 5.75 Å². The number of carbonyl (C=O) groups is 2. The van der Waals surface area contributed by atoms with Crippen molar-refractivity contribution in [1.29, 1.82) is 0 Å². The zero-order valence-electron chi connectivity index (χ0n) is 11.9. The maximum absolute atomic E-state index is 12.1. The molecule has 0 unspecified atom stereocenters. The third kappa shape index (κ3) is 3.81. The van der Waals surface area contributed by atoms with Crippen LogP contribution in [0.2, 0.25) is 0 Å². The Morgan fingerprint density at radius 1 is 1.05 bits per heavy atom. The fourth-order valence-electron chi connectivity index (χ4n) is 1.95. The van der Waals surface area contributed by atoms with Gasteiger partial charge in [-0.05, 0) is 43.5 Å². The molecule has 19 heavy (non-hydrogen) atoms. The van der Waals surface area contributed by atoms with Gasteiger partial charge in [-0.2, -0.15) is 0 Å². The smallest absolute Gasteiger partial charge is 0.305 e. The predicted octanol–water partition coefficient (Wildman–Crippen LogP) is 2.84. The first-order valence-electron chi connectivity index (χ1n) is 6.25. The van der Waals surface area contributed by atoms with Crippen molar-refractivity contribution in [2.75, 3.05) is 14.2 Å². The normalized spacial score (nSPS) is 10.1. The summed E-state index contributed by atoms with van der Waals surface area (Å²) in [6.45, 7) is 3.84. The topological polar surface area (TPSA) is 52.6 Å². The molecule has 1 aromatic rings. The Hall–Kier alpha value is -1.84. The second kappa shape index (κ2) is 6.92. The molecule has 0 saturated carbocycles. The summed E-state index contributed by atoms with van der Waals surface area (Å²) in [5.74, 6) is 0.547. The molecule has 0 aliphatic carbocycles. The Kier molecular flexibility index (Phi) is 5.55. The van der Waals surface area contributed by atoms with E-state index in [0.717, 1.165) is 16.9 Å². The maximum atomic E-state index is 12.1. The Balaban J connectivity index is 2.73. The lowest BCUT2D eigenvalue weighted by Crippen LogP contribution is -2.06. The van der Waals surface area contributed by atoms with Crippen LogP contribution in [0.4, 0.5) is 0 Å². The number of rotatable bonds is 6. The van der Waals surface area contributed by atoms with Crippen LogP contribution < -0.4 is 4.74 Å². The summed E-state index contributed by atoms with van der Waals surface area (Å²) in [6, 6.07) is 3.58. The van der Waals surface area contributed by atoms with Gasteiger partial charge < -0.3 is 9.47 Å². The van der Waals surface area contributed by atoms with E-state index in [1.807, 2.05) is 13.8 Å². The van der Waals surface area contributed by atoms with Gasteiger partial charge in [0.25, 0.3) is 0 Å². The van der Waals surface area contributed by atoms with Crippen molar-refractivity contribution in [3.05, 3.63) is 28.8 Å². The number of Topliss-reactive ketones (excluding diaryl/α,β-unsaturated/α-hetero) is 1. The highest BCUT2D eigenvalue weighted by Crippen LogP contribution is 2.25. The monoisotopic (exact) mass is 264 g/mol. The van der Waals surface area contributed by atoms with Crippen molar-refractivity contribution in [3.8, 4) is 5.75 Å². The molecule has 0 amide bonds. The van der Waals surface area contributed by atoms with E-state index in [-0.39, 0.29) is 18.2 Å². The molecule has 0 radical (unpaired) electrons. The summed E-state index contributed by atoms with van der Waals surface area (Å²) < 4.78 is 9.76. The van der Waals surface area contributed by atoms with Crippen LogP contribution in [0.1, 0.15) is 40.7 Å². The quantitative estimate of drug-likeness (QED) is 0.585. The number of hydrogen-bond acceptors (Lipinski definition) is 4. The van der Waals surface area contributed by atoms with Crippen molar-refractivity contribution < 1.29 is 19.1 Å². The summed E-state index contributed by atoms with van der Waals surface area (Å²) in [6.07, 6.45) is 1.13. The lowest BCUT2D eigenvalue weighted by Gasteiger charge is -2.11. The lowest BCUT2D eigenvalue weighted by molar-refractivity contribution is -0.140. The van der Waals surface area contributed by atoms with Gasteiger partial charge in [-0.3, -0.25) is 9.59 Å². The molecule has 0 N–H and O–H groups in total. The molecule has 0 aromatic heterocycles. The molecule has 0 heterocycles. The number of hydrogen-bond donors (Lipinski definition) is 0. The number of esters is 1. The van der Waals surface area contributed by atoms with E-state index in [1.54, 1.807) is 19.2 Å². The van der Waals surface area contributed by atoms with Crippen molar-refractivity contribution in [1.82, 2.24) is 0 Å². The standard InChI is InChI=1S/C15H20O4/c1-10-11(2)14(18-3)9-8-12(10)13(16)6-5-7-15(17)19-4/h8-9H,5-7H2,1-4H3. The van der Waals surface area contributed by atoms with Gasteiger partial charge >= 0.3 is 5.97 Å². The van der Waals surface area contributed by atoms with E-state index < -0.39 is 0 Å². The summed E-state index contributed by atoms with van der Waals surface area (Å²) in [5.41, 5.74) is 2.60. The zero-order chi connectivity index (χ0) is 14.4. The number of benzene rings is 1. The largest absolute Gasteiger partial charge is 0.496 e. The van der Waals surface area contributed by atoms with Gasteiger partial charge in [0, 0.05) is 18.4 Å². The third-order valence-corrected chi connectivity index (χ3v) is 3.27. The summed E-state index contributed by atoms with van der Waals surface area (Å²) >= 11 is 0. The van der Waals surface area contributed by atoms with Crippen LogP contribution in [-0.2, 0) is 9.53 Å². The molecule has 0 bridgehead atoms. The molecule has 1 rings (SSSR count). The molecule has 0 spiro atoms. The third-order valence-electron chi connectivity index (χ3n) is 3.27. The van der Waals surface area contributed by atoms with Gasteiger partial charge in [-0.1, -0.05) is 0 Å². The number of ketones is 1. The van der Waals surface area contributed by atoms with E-state index in [0.29, 0.717) is 18.4 Å². The van der Waals surface area contributed by atoms with Crippen LogP contribution >= 0.6 is 0 Å². The molecule has 0 atom stereocenters. The minimum atomic E-state index is -0.282. The van der Waals surface area contributed by atoms with Gasteiger partial charge in [-0.25, -0.2) is 0 Å². The van der Waals surface area contributed by atoms with Crippen molar-refractivity contribution in [2.24, 2.45) is 0 Å². The first-order valence-corrected chi connectivity index (χ1v) is 6.25. The molecule has 0 aliphatic rings. The van der Waals surface area contributed by atoms with Gasteiger partial charge in [-0.15, -0.1) is 0 Å². The molecule has 0 aliphatic heterocycles. The van der Waals surface area contributed by atoms with Crippen LogP contribution in [-0.4, -0.2) is 26.0 Å². The minimum Gasteiger partial charge on any atom is -0.496 e. The summed E-state index contributed by atoms with van der Waals surface area (Å²) in [7, 11) is 2.96. The van der Waals surface area contributed by atoms with E-state index in [2.05, 4.69) is 4.74 Å². The van der Waals surface area contributed by atoms with Crippen LogP contribution in [0, 0.1) is 13.8 Å². The highest BCUT2D eigenvalue weighted by molar-refractivity contribution is 5.98. The first kappa shape index (κ1) is 15.2. The van der Waals surface area contributed by atoms with Gasteiger partial charge in [0.1, 0.15) is 5.75 Å². The van der Waals surface area contributed by atoms with E-state index in [1.165, 1.54) is 7.11 Å². The number of ether oxygens (including phenoxy) is 2. The molecule has 0 saturated heterocycles. The molecule has 4 heteroatoms.